The number of hydrogen-bond acceptors (Lipinski definition) is 4. The molecule has 1 aromatic carbocycles. The lowest BCUT2D eigenvalue weighted by molar-refractivity contribution is -0.244. The molecule has 0 N–H and O–H groups in total. The zero-order valence-corrected chi connectivity index (χ0v) is 11.4. The van der Waals surface area contributed by atoms with Crippen molar-refractivity contribution in [1.82, 2.24) is 0 Å². The molecule has 2 fully saturated rings. The van der Waals surface area contributed by atoms with Gasteiger partial charge in [0.25, 0.3) is 5.79 Å². The molecule has 0 amide bonds. The Labute approximate surface area is 121 Å². The van der Waals surface area contributed by atoms with Gasteiger partial charge in [0.1, 0.15) is 11.4 Å². The summed E-state index contributed by atoms with van der Waals surface area (Å²) in [6.45, 7) is 0. The van der Waals surface area contributed by atoms with Crippen LogP contribution in [-0.2, 0) is 19.1 Å². The predicted octanol–water partition coefficient (Wildman–Crippen LogP) is 2.97. The largest absolute Gasteiger partial charge is 0.419 e. The molecule has 3 rings (SSSR count). The van der Waals surface area contributed by atoms with E-state index in [0.717, 1.165) is 19.3 Å². The summed E-state index contributed by atoms with van der Waals surface area (Å²) in [6, 6.07) is 5.48. The molecule has 0 bridgehead atoms. The Morgan fingerprint density at radius 1 is 0.952 bits per heavy atom. The van der Waals surface area contributed by atoms with Gasteiger partial charge in [-0.25, -0.2) is 14.0 Å². The van der Waals surface area contributed by atoms with Crippen LogP contribution in [0, 0.1) is 5.82 Å². The van der Waals surface area contributed by atoms with E-state index in [1.165, 1.54) is 30.3 Å². The molecule has 21 heavy (non-hydrogen) atoms. The summed E-state index contributed by atoms with van der Waals surface area (Å²) < 4.78 is 23.6. The lowest BCUT2D eigenvalue weighted by Crippen LogP contribution is -2.47. The average Bonchev–Trinajstić information content (AvgIpc) is 2.46. The van der Waals surface area contributed by atoms with Crippen molar-refractivity contribution < 1.29 is 23.5 Å². The van der Waals surface area contributed by atoms with E-state index in [2.05, 4.69) is 0 Å². The van der Waals surface area contributed by atoms with Crippen LogP contribution in [0.25, 0.3) is 6.08 Å². The molecule has 1 saturated carbocycles. The molecule has 1 aromatic rings. The zero-order valence-electron chi connectivity index (χ0n) is 11.4. The second kappa shape index (κ2) is 5.31. The van der Waals surface area contributed by atoms with Crippen molar-refractivity contribution in [3.8, 4) is 0 Å². The fraction of sp³-hybridized carbons (Fsp3) is 0.375. The van der Waals surface area contributed by atoms with Crippen LogP contribution in [0.4, 0.5) is 4.39 Å². The Bertz CT molecular complexity index is 575. The average molecular weight is 290 g/mol. The molecular weight excluding hydrogens is 275 g/mol. The summed E-state index contributed by atoms with van der Waals surface area (Å²) in [5.74, 6) is -2.80. The van der Waals surface area contributed by atoms with Crippen molar-refractivity contribution in [2.45, 2.75) is 37.9 Å². The van der Waals surface area contributed by atoms with Crippen molar-refractivity contribution in [2.75, 3.05) is 0 Å². The van der Waals surface area contributed by atoms with Gasteiger partial charge in [-0.3, -0.25) is 0 Å². The monoisotopic (exact) mass is 290 g/mol. The van der Waals surface area contributed by atoms with Crippen LogP contribution < -0.4 is 0 Å². The number of ether oxygens (including phenoxy) is 2. The van der Waals surface area contributed by atoms with Crippen LogP contribution in [0.2, 0.25) is 0 Å². The predicted molar refractivity (Wildman–Crippen MR) is 72.4 cm³/mol. The fourth-order valence-electron chi connectivity index (χ4n) is 2.69. The maximum Gasteiger partial charge on any atom is 0.348 e. The molecule has 1 spiro atoms. The highest BCUT2D eigenvalue weighted by atomic mass is 19.1. The minimum atomic E-state index is -1.08. The van der Waals surface area contributed by atoms with Crippen LogP contribution in [0.15, 0.2) is 29.8 Å². The van der Waals surface area contributed by atoms with Gasteiger partial charge in [-0.05, 0) is 36.6 Å². The van der Waals surface area contributed by atoms with E-state index in [4.69, 9.17) is 9.47 Å². The second-order valence-corrected chi connectivity index (χ2v) is 5.36. The molecule has 0 atom stereocenters. The fourth-order valence-corrected chi connectivity index (χ4v) is 2.69. The van der Waals surface area contributed by atoms with Gasteiger partial charge in [-0.15, -0.1) is 0 Å². The van der Waals surface area contributed by atoms with Gasteiger partial charge in [-0.2, -0.15) is 0 Å². The van der Waals surface area contributed by atoms with Gasteiger partial charge in [0.2, 0.25) is 0 Å². The summed E-state index contributed by atoms with van der Waals surface area (Å²) in [5.41, 5.74) is 0.387. The molecule has 0 aromatic heterocycles. The summed E-state index contributed by atoms with van der Waals surface area (Å²) in [5, 5.41) is 0. The summed E-state index contributed by atoms with van der Waals surface area (Å²) in [4.78, 5) is 24.2. The highest BCUT2D eigenvalue weighted by Gasteiger charge is 2.46. The van der Waals surface area contributed by atoms with Crippen LogP contribution in [0.3, 0.4) is 0 Å². The Morgan fingerprint density at radius 2 is 1.52 bits per heavy atom. The SMILES string of the molecule is O=C1OC2(CCCCC2)OC(=O)C1=Cc1ccc(F)cc1. The van der Waals surface area contributed by atoms with Crippen molar-refractivity contribution in [2.24, 2.45) is 0 Å². The standard InChI is InChI=1S/C16H15FO4/c17-12-6-4-11(5-7-12)10-13-14(18)20-16(21-15(13)19)8-2-1-3-9-16/h4-7,10H,1-3,8-9H2. The van der Waals surface area contributed by atoms with E-state index in [1.54, 1.807) is 0 Å². The van der Waals surface area contributed by atoms with Crippen LogP contribution in [0.5, 0.6) is 0 Å². The minimum absolute atomic E-state index is 0.155. The third kappa shape index (κ3) is 2.82. The molecule has 110 valence electrons. The molecule has 1 aliphatic carbocycles. The smallest absolute Gasteiger partial charge is 0.348 e. The van der Waals surface area contributed by atoms with Gasteiger partial charge >= 0.3 is 11.9 Å². The Morgan fingerprint density at radius 3 is 2.10 bits per heavy atom. The topological polar surface area (TPSA) is 52.6 Å². The van der Waals surface area contributed by atoms with Gasteiger partial charge < -0.3 is 9.47 Å². The summed E-state index contributed by atoms with van der Waals surface area (Å²) in [7, 11) is 0. The summed E-state index contributed by atoms with van der Waals surface area (Å²) >= 11 is 0. The number of carbonyl (C=O) groups is 2. The Balaban J connectivity index is 1.83. The van der Waals surface area contributed by atoms with Gasteiger partial charge in [0.05, 0.1) is 0 Å². The first kappa shape index (κ1) is 13.8. The highest BCUT2D eigenvalue weighted by Crippen LogP contribution is 2.37. The molecule has 1 saturated heterocycles. The van der Waals surface area contributed by atoms with E-state index >= 15 is 0 Å². The van der Waals surface area contributed by atoms with Crippen LogP contribution >= 0.6 is 0 Å². The lowest BCUT2D eigenvalue weighted by Gasteiger charge is -2.38. The minimum Gasteiger partial charge on any atom is -0.419 e. The molecule has 1 heterocycles. The summed E-state index contributed by atoms with van der Waals surface area (Å²) in [6.07, 6.45) is 5.26. The van der Waals surface area contributed by atoms with E-state index < -0.39 is 17.7 Å². The van der Waals surface area contributed by atoms with Crippen molar-refractivity contribution in [3.63, 3.8) is 0 Å². The third-order valence-corrected chi connectivity index (χ3v) is 3.79. The van der Waals surface area contributed by atoms with Crippen molar-refractivity contribution >= 4 is 18.0 Å². The van der Waals surface area contributed by atoms with Crippen molar-refractivity contribution in [1.29, 1.82) is 0 Å². The molecular formula is C16H15FO4. The normalized spacial score (nSPS) is 20.9. The zero-order chi connectivity index (χ0) is 14.9. The van der Waals surface area contributed by atoms with Crippen LogP contribution in [-0.4, -0.2) is 17.7 Å². The molecule has 0 unspecified atom stereocenters. The molecule has 2 aliphatic rings. The maximum absolute atomic E-state index is 12.9. The highest BCUT2D eigenvalue weighted by molar-refractivity contribution is 6.18. The number of carbonyl (C=O) groups excluding carboxylic acids is 2. The van der Waals surface area contributed by atoms with Gasteiger partial charge in [-0.1, -0.05) is 18.6 Å². The van der Waals surface area contributed by atoms with Crippen LogP contribution in [0.1, 0.15) is 37.7 Å². The molecule has 1 aliphatic heterocycles. The molecule has 4 nitrogen and oxygen atoms in total. The Kier molecular flexibility index (Phi) is 3.49. The number of rotatable bonds is 1. The first-order valence-electron chi connectivity index (χ1n) is 7.02. The van der Waals surface area contributed by atoms with E-state index in [0.29, 0.717) is 18.4 Å². The molecule has 0 radical (unpaired) electrons. The van der Waals surface area contributed by atoms with E-state index in [-0.39, 0.29) is 11.4 Å². The third-order valence-electron chi connectivity index (χ3n) is 3.79. The van der Waals surface area contributed by atoms with E-state index in [1.807, 2.05) is 0 Å². The number of esters is 2. The maximum atomic E-state index is 12.9. The second-order valence-electron chi connectivity index (χ2n) is 5.36. The number of benzene rings is 1. The number of hydrogen-bond donors (Lipinski definition) is 0. The number of halogens is 1. The quantitative estimate of drug-likeness (QED) is 0.453. The van der Waals surface area contributed by atoms with Crippen molar-refractivity contribution in [3.05, 3.63) is 41.2 Å². The first-order valence-corrected chi connectivity index (χ1v) is 7.02. The van der Waals surface area contributed by atoms with Gasteiger partial charge in [0, 0.05) is 12.8 Å². The van der Waals surface area contributed by atoms with Gasteiger partial charge in [0.15, 0.2) is 0 Å². The molecule has 5 heteroatoms. The van der Waals surface area contributed by atoms with E-state index in [9.17, 15) is 14.0 Å². The Hall–Kier alpha value is -2.17. The lowest BCUT2D eigenvalue weighted by atomic mass is 9.93. The first-order chi connectivity index (χ1) is 10.1.